The van der Waals surface area contributed by atoms with Crippen molar-refractivity contribution in [2.75, 3.05) is 11.9 Å². The number of nitrogens with zero attached hydrogens (tertiary/aromatic N) is 1. The molecular formula is C23H23N3O3. The summed E-state index contributed by atoms with van der Waals surface area (Å²) in [6.45, 7) is 4.39. The van der Waals surface area contributed by atoms with E-state index in [1.165, 1.54) is 18.5 Å². The molecule has 0 fully saturated rings. The molecule has 0 aliphatic heterocycles. The van der Waals surface area contributed by atoms with E-state index in [0.717, 1.165) is 11.3 Å². The fraction of sp³-hybridized carbons (Fsp3) is 0.174. The highest BCUT2D eigenvalue weighted by Crippen LogP contribution is 2.17. The first-order chi connectivity index (χ1) is 14.1. The van der Waals surface area contributed by atoms with Gasteiger partial charge in [0.1, 0.15) is 5.75 Å². The summed E-state index contributed by atoms with van der Waals surface area (Å²) in [5.41, 5.74) is 2.26. The van der Waals surface area contributed by atoms with Crippen LogP contribution in [0.25, 0.3) is 0 Å². The molecule has 0 aliphatic rings. The first-order valence-corrected chi connectivity index (χ1v) is 9.42. The maximum absolute atomic E-state index is 12.6. The van der Waals surface area contributed by atoms with Gasteiger partial charge in [0.2, 0.25) is 0 Å². The van der Waals surface area contributed by atoms with Crippen molar-refractivity contribution in [3.63, 3.8) is 0 Å². The Hall–Kier alpha value is -3.67. The van der Waals surface area contributed by atoms with Gasteiger partial charge in [-0.2, -0.15) is 0 Å². The molecule has 2 aromatic carbocycles. The van der Waals surface area contributed by atoms with Gasteiger partial charge in [-0.25, -0.2) is 0 Å². The Bertz CT molecular complexity index is 972. The number of nitrogens with one attached hydrogen (secondary N) is 2. The average Bonchev–Trinajstić information content (AvgIpc) is 2.76. The van der Waals surface area contributed by atoms with E-state index in [1.54, 1.807) is 24.3 Å². The van der Waals surface area contributed by atoms with Crippen LogP contribution in [0, 0.1) is 0 Å². The molecule has 6 heteroatoms. The fourth-order valence-electron chi connectivity index (χ4n) is 2.80. The number of pyridine rings is 1. The smallest absolute Gasteiger partial charge is 0.257 e. The van der Waals surface area contributed by atoms with Gasteiger partial charge in [0.05, 0.1) is 23.8 Å². The third-order valence-electron chi connectivity index (χ3n) is 4.33. The van der Waals surface area contributed by atoms with Crippen LogP contribution in [0.2, 0.25) is 0 Å². The Morgan fingerprint density at radius 1 is 0.966 bits per heavy atom. The Balaban J connectivity index is 1.66. The number of aromatic nitrogens is 1. The SMILES string of the molecule is CCOc1ccc(NC(=O)c2cncc(C(=O)NC(C)c3ccccc3)c2)cc1. The molecule has 1 aromatic heterocycles. The first kappa shape index (κ1) is 20.1. The molecule has 0 spiro atoms. The number of carbonyl (C=O) groups is 2. The van der Waals surface area contributed by atoms with Crippen LogP contribution in [0.4, 0.5) is 5.69 Å². The lowest BCUT2D eigenvalue weighted by Crippen LogP contribution is -2.27. The second kappa shape index (κ2) is 9.50. The third kappa shape index (κ3) is 5.42. The summed E-state index contributed by atoms with van der Waals surface area (Å²) in [4.78, 5) is 29.1. The largest absolute Gasteiger partial charge is 0.494 e. The monoisotopic (exact) mass is 389 g/mol. The minimum absolute atomic E-state index is 0.162. The van der Waals surface area contributed by atoms with Crippen LogP contribution in [0.3, 0.4) is 0 Å². The van der Waals surface area contributed by atoms with Crippen molar-refractivity contribution in [3.8, 4) is 5.75 Å². The van der Waals surface area contributed by atoms with Gasteiger partial charge in [0.15, 0.2) is 0 Å². The molecule has 2 N–H and O–H groups in total. The highest BCUT2D eigenvalue weighted by atomic mass is 16.5. The van der Waals surface area contributed by atoms with E-state index in [9.17, 15) is 9.59 Å². The molecule has 0 bridgehead atoms. The summed E-state index contributed by atoms with van der Waals surface area (Å²) in [7, 11) is 0. The van der Waals surface area contributed by atoms with Crippen LogP contribution in [0.5, 0.6) is 5.75 Å². The molecule has 1 atom stereocenters. The summed E-state index contributed by atoms with van der Waals surface area (Å²) in [6.07, 6.45) is 2.88. The molecule has 2 amide bonds. The number of rotatable bonds is 7. The number of ether oxygens (including phenoxy) is 1. The third-order valence-corrected chi connectivity index (χ3v) is 4.33. The molecule has 0 saturated carbocycles. The molecule has 29 heavy (non-hydrogen) atoms. The van der Waals surface area contributed by atoms with Crippen molar-refractivity contribution in [2.45, 2.75) is 19.9 Å². The standard InChI is InChI=1S/C23H23N3O3/c1-3-29-21-11-9-20(10-12-21)26-23(28)19-13-18(14-24-15-19)22(27)25-16(2)17-7-5-4-6-8-17/h4-16H,3H2,1-2H3,(H,25,27)(H,26,28). The van der Waals surface area contributed by atoms with Crippen molar-refractivity contribution in [1.29, 1.82) is 0 Å². The van der Waals surface area contributed by atoms with Crippen molar-refractivity contribution < 1.29 is 14.3 Å². The highest BCUT2D eigenvalue weighted by Gasteiger charge is 2.14. The lowest BCUT2D eigenvalue weighted by Gasteiger charge is -2.14. The lowest BCUT2D eigenvalue weighted by molar-refractivity contribution is 0.0939. The van der Waals surface area contributed by atoms with Crippen LogP contribution in [-0.4, -0.2) is 23.4 Å². The zero-order chi connectivity index (χ0) is 20.6. The Labute approximate surface area is 169 Å². The average molecular weight is 389 g/mol. The molecule has 3 aromatic rings. The van der Waals surface area contributed by atoms with Crippen molar-refractivity contribution in [1.82, 2.24) is 10.3 Å². The fourth-order valence-corrected chi connectivity index (χ4v) is 2.80. The van der Waals surface area contributed by atoms with Gasteiger partial charge < -0.3 is 15.4 Å². The topological polar surface area (TPSA) is 80.3 Å². The molecule has 148 valence electrons. The normalized spacial score (nSPS) is 11.4. The van der Waals surface area contributed by atoms with Crippen LogP contribution in [0.1, 0.15) is 46.2 Å². The number of hydrogen-bond acceptors (Lipinski definition) is 4. The van der Waals surface area contributed by atoms with Crippen molar-refractivity contribution in [3.05, 3.63) is 89.7 Å². The van der Waals surface area contributed by atoms with E-state index in [4.69, 9.17) is 4.74 Å². The van der Waals surface area contributed by atoms with Crippen molar-refractivity contribution in [2.24, 2.45) is 0 Å². The van der Waals surface area contributed by atoms with E-state index in [0.29, 0.717) is 23.4 Å². The van der Waals surface area contributed by atoms with Gasteiger partial charge in [-0.15, -0.1) is 0 Å². The maximum Gasteiger partial charge on any atom is 0.257 e. The number of hydrogen-bond donors (Lipinski definition) is 2. The zero-order valence-electron chi connectivity index (χ0n) is 16.4. The van der Waals surface area contributed by atoms with Crippen molar-refractivity contribution >= 4 is 17.5 Å². The molecule has 3 rings (SSSR count). The highest BCUT2D eigenvalue weighted by molar-refractivity contribution is 6.05. The predicted molar refractivity (Wildman–Crippen MR) is 112 cm³/mol. The number of benzene rings is 2. The summed E-state index contributed by atoms with van der Waals surface area (Å²) in [5.74, 6) is 0.107. The zero-order valence-corrected chi connectivity index (χ0v) is 16.4. The van der Waals surface area contributed by atoms with Gasteiger partial charge in [0, 0.05) is 18.1 Å². The Morgan fingerprint density at radius 3 is 2.28 bits per heavy atom. The van der Waals surface area contributed by atoms with Gasteiger partial charge in [0.25, 0.3) is 11.8 Å². The van der Waals surface area contributed by atoms with Crippen LogP contribution in [-0.2, 0) is 0 Å². The summed E-state index contributed by atoms with van der Waals surface area (Å²) >= 11 is 0. The van der Waals surface area contributed by atoms with E-state index in [-0.39, 0.29) is 17.9 Å². The van der Waals surface area contributed by atoms with Gasteiger partial charge in [-0.3, -0.25) is 14.6 Å². The quantitative estimate of drug-likeness (QED) is 0.634. The predicted octanol–water partition coefficient (Wildman–Crippen LogP) is 4.22. The number of carbonyl (C=O) groups excluding carboxylic acids is 2. The van der Waals surface area contributed by atoms with Crippen LogP contribution < -0.4 is 15.4 Å². The second-order valence-corrected chi connectivity index (χ2v) is 6.48. The molecule has 0 saturated heterocycles. The van der Waals surface area contributed by atoms with E-state index >= 15 is 0 Å². The van der Waals surface area contributed by atoms with Crippen LogP contribution in [0.15, 0.2) is 73.1 Å². The van der Waals surface area contributed by atoms with E-state index in [2.05, 4.69) is 15.6 Å². The summed E-state index contributed by atoms with van der Waals surface area (Å²) in [6, 6.07) is 18.1. The number of amides is 2. The van der Waals surface area contributed by atoms with E-state index < -0.39 is 0 Å². The molecular weight excluding hydrogens is 366 g/mol. The Kier molecular flexibility index (Phi) is 6.58. The molecule has 0 aliphatic carbocycles. The van der Waals surface area contributed by atoms with E-state index in [1.807, 2.05) is 44.2 Å². The second-order valence-electron chi connectivity index (χ2n) is 6.48. The molecule has 1 heterocycles. The molecule has 6 nitrogen and oxygen atoms in total. The summed E-state index contributed by atoms with van der Waals surface area (Å²) in [5, 5.41) is 5.72. The molecule has 0 radical (unpaired) electrons. The van der Waals surface area contributed by atoms with Gasteiger partial charge in [-0.1, -0.05) is 30.3 Å². The lowest BCUT2D eigenvalue weighted by atomic mass is 10.1. The maximum atomic E-state index is 12.6. The van der Waals surface area contributed by atoms with Gasteiger partial charge >= 0.3 is 0 Å². The minimum Gasteiger partial charge on any atom is -0.494 e. The first-order valence-electron chi connectivity index (χ1n) is 9.42. The summed E-state index contributed by atoms with van der Waals surface area (Å²) < 4.78 is 5.39. The van der Waals surface area contributed by atoms with Gasteiger partial charge in [-0.05, 0) is 49.7 Å². The Morgan fingerprint density at radius 2 is 1.62 bits per heavy atom. The van der Waals surface area contributed by atoms with Crippen LogP contribution >= 0.6 is 0 Å². The molecule has 1 unspecified atom stereocenters. The minimum atomic E-state index is -0.340. The number of anilines is 1.